The Morgan fingerprint density at radius 2 is 1.83 bits per heavy atom. The van der Waals surface area contributed by atoms with Crippen LogP contribution in [0, 0.1) is 0 Å². The first-order chi connectivity index (χ1) is 13.7. The molecule has 1 aromatic carbocycles. The molecule has 0 amide bonds. The van der Waals surface area contributed by atoms with E-state index >= 15 is 0 Å². The number of likely N-dealkylation sites (N-methyl/N-ethyl adjacent to an activating group) is 1. The molecule has 0 bridgehead atoms. The first kappa shape index (κ1) is 26.0. The van der Waals surface area contributed by atoms with E-state index in [0.717, 1.165) is 36.8 Å². The molecule has 1 fully saturated rings. The number of aliphatic imine (C=N–C) groups is 1. The van der Waals surface area contributed by atoms with Crippen LogP contribution in [0.5, 0.6) is 5.75 Å². The fraction of sp³-hybridized carbons (Fsp3) is 0.682. The highest BCUT2D eigenvalue weighted by molar-refractivity contribution is 14.0. The van der Waals surface area contributed by atoms with Crippen LogP contribution in [0.3, 0.4) is 0 Å². The topological polar surface area (TPSA) is 52.1 Å². The molecular weight excluding hydrogens is 477 g/mol. The minimum atomic E-state index is 0. The fourth-order valence-electron chi connectivity index (χ4n) is 3.40. The summed E-state index contributed by atoms with van der Waals surface area (Å²) in [7, 11) is 5.93. The van der Waals surface area contributed by atoms with Crippen LogP contribution in [0.15, 0.2) is 29.3 Å². The largest absolute Gasteiger partial charge is 0.492 e. The van der Waals surface area contributed by atoms with Crippen molar-refractivity contribution in [2.75, 3.05) is 60.5 Å². The highest BCUT2D eigenvalue weighted by atomic mass is 127. The van der Waals surface area contributed by atoms with Gasteiger partial charge in [-0.1, -0.05) is 31.0 Å². The van der Waals surface area contributed by atoms with Crippen molar-refractivity contribution in [3.05, 3.63) is 29.8 Å². The van der Waals surface area contributed by atoms with Crippen LogP contribution >= 0.6 is 24.0 Å². The third-order valence-electron chi connectivity index (χ3n) is 5.08. The van der Waals surface area contributed by atoms with Crippen molar-refractivity contribution < 1.29 is 4.74 Å². The van der Waals surface area contributed by atoms with E-state index in [0.29, 0.717) is 13.2 Å². The number of ether oxygens (including phenoxy) is 1. The van der Waals surface area contributed by atoms with Crippen LogP contribution in [0.1, 0.15) is 37.7 Å². The molecule has 166 valence electrons. The van der Waals surface area contributed by atoms with Crippen LogP contribution in [0.4, 0.5) is 0 Å². The molecule has 0 unspecified atom stereocenters. The van der Waals surface area contributed by atoms with Crippen molar-refractivity contribution in [3.63, 3.8) is 0 Å². The number of hydrogen-bond donors (Lipinski definition) is 2. The Morgan fingerprint density at radius 1 is 1.10 bits per heavy atom. The molecule has 2 rings (SSSR count). The highest BCUT2D eigenvalue weighted by Crippen LogP contribution is 2.17. The zero-order valence-electron chi connectivity index (χ0n) is 18.5. The minimum Gasteiger partial charge on any atom is -0.492 e. The predicted molar refractivity (Wildman–Crippen MR) is 134 cm³/mol. The Bertz CT molecular complexity index is 574. The maximum Gasteiger partial charge on any atom is 0.191 e. The van der Waals surface area contributed by atoms with Crippen molar-refractivity contribution in [2.24, 2.45) is 4.99 Å². The summed E-state index contributed by atoms with van der Waals surface area (Å²) in [4.78, 5) is 9.08. The van der Waals surface area contributed by atoms with Gasteiger partial charge in [-0.2, -0.15) is 0 Å². The SMILES string of the molecule is CN=C(NCCCN1CCCCCC1)NCc1ccccc1OCCN(C)C.I. The summed E-state index contributed by atoms with van der Waals surface area (Å²) in [6.45, 7) is 6.93. The summed E-state index contributed by atoms with van der Waals surface area (Å²) in [6, 6.07) is 8.20. The third-order valence-corrected chi connectivity index (χ3v) is 5.08. The van der Waals surface area contributed by atoms with Crippen LogP contribution in [0.25, 0.3) is 0 Å². The maximum atomic E-state index is 5.94. The molecular formula is C22H40IN5O. The van der Waals surface area contributed by atoms with Gasteiger partial charge in [-0.05, 0) is 59.1 Å². The second-order valence-electron chi connectivity index (χ2n) is 7.72. The van der Waals surface area contributed by atoms with Gasteiger partial charge in [-0.3, -0.25) is 4.99 Å². The van der Waals surface area contributed by atoms with E-state index in [1.54, 1.807) is 0 Å². The Kier molecular flexibility index (Phi) is 14.1. The van der Waals surface area contributed by atoms with Gasteiger partial charge in [0, 0.05) is 32.2 Å². The van der Waals surface area contributed by atoms with Gasteiger partial charge in [0.15, 0.2) is 5.96 Å². The quantitative estimate of drug-likeness (QED) is 0.216. The van der Waals surface area contributed by atoms with Crippen LogP contribution in [-0.2, 0) is 6.54 Å². The first-order valence-electron chi connectivity index (χ1n) is 10.7. The molecule has 1 aromatic rings. The molecule has 0 aromatic heterocycles. The summed E-state index contributed by atoms with van der Waals surface area (Å²) < 4.78 is 5.94. The molecule has 0 spiro atoms. The molecule has 7 heteroatoms. The number of nitrogens with zero attached hydrogens (tertiary/aromatic N) is 3. The van der Waals surface area contributed by atoms with E-state index in [9.17, 15) is 0 Å². The van der Waals surface area contributed by atoms with Gasteiger partial charge >= 0.3 is 0 Å². The first-order valence-corrected chi connectivity index (χ1v) is 10.7. The maximum absolute atomic E-state index is 5.94. The van der Waals surface area contributed by atoms with E-state index in [1.165, 1.54) is 45.3 Å². The lowest BCUT2D eigenvalue weighted by Gasteiger charge is -2.20. The number of halogens is 1. The fourth-order valence-corrected chi connectivity index (χ4v) is 3.40. The summed E-state index contributed by atoms with van der Waals surface area (Å²) in [6.07, 6.45) is 6.64. The standard InChI is InChI=1S/C22H39N5O.HI/c1-23-22(24-13-10-16-27-14-8-4-5-9-15-27)25-19-20-11-6-7-12-21(20)28-18-17-26(2)3;/h6-7,11-12H,4-5,8-10,13-19H2,1-3H3,(H2,23,24,25);1H. The summed E-state index contributed by atoms with van der Waals surface area (Å²) >= 11 is 0. The van der Waals surface area contributed by atoms with Gasteiger partial charge < -0.3 is 25.2 Å². The lowest BCUT2D eigenvalue weighted by atomic mass is 10.2. The lowest BCUT2D eigenvalue weighted by Crippen LogP contribution is -2.38. The van der Waals surface area contributed by atoms with Gasteiger partial charge in [0.05, 0.1) is 0 Å². The smallest absolute Gasteiger partial charge is 0.191 e. The lowest BCUT2D eigenvalue weighted by molar-refractivity contribution is 0.259. The summed E-state index contributed by atoms with van der Waals surface area (Å²) in [5.41, 5.74) is 1.15. The Labute approximate surface area is 194 Å². The molecule has 0 radical (unpaired) electrons. The Morgan fingerprint density at radius 3 is 2.52 bits per heavy atom. The number of benzene rings is 1. The third kappa shape index (κ3) is 11.1. The average molecular weight is 518 g/mol. The molecule has 0 saturated carbocycles. The Balaban J connectivity index is 0.00000420. The second-order valence-corrected chi connectivity index (χ2v) is 7.72. The molecule has 0 atom stereocenters. The number of rotatable bonds is 10. The number of para-hydroxylation sites is 1. The number of likely N-dealkylation sites (tertiary alicyclic amines) is 1. The van der Waals surface area contributed by atoms with Crippen LogP contribution in [0.2, 0.25) is 0 Å². The molecule has 6 nitrogen and oxygen atoms in total. The number of guanidine groups is 1. The van der Waals surface area contributed by atoms with Crippen molar-refractivity contribution >= 4 is 29.9 Å². The molecule has 2 N–H and O–H groups in total. The van der Waals surface area contributed by atoms with E-state index in [1.807, 2.05) is 25.2 Å². The average Bonchev–Trinajstić information content (AvgIpc) is 2.97. The summed E-state index contributed by atoms with van der Waals surface area (Å²) in [5.74, 6) is 1.78. The van der Waals surface area contributed by atoms with Gasteiger partial charge in [0.25, 0.3) is 0 Å². The molecule has 29 heavy (non-hydrogen) atoms. The van der Waals surface area contributed by atoms with E-state index in [4.69, 9.17) is 4.74 Å². The van der Waals surface area contributed by atoms with Gasteiger partial charge in [-0.15, -0.1) is 24.0 Å². The predicted octanol–water partition coefficient (Wildman–Crippen LogP) is 3.18. The van der Waals surface area contributed by atoms with Gasteiger partial charge in [-0.25, -0.2) is 0 Å². The van der Waals surface area contributed by atoms with Crippen molar-refractivity contribution in [3.8, 4) is 5.75 Å². The van der Waals surface area contributed by atoms with E-state index in [2.05, 4.69) is 45.6 Å². The van der Waals surface area contributed by atoms with Crippen molar-refractivity contribution in [1.29, 1.82) is 0 Å². The Hall–Kier alpha value is -1.06. The van der Waals surface area contributed by atoms with E-state index < -0.39 is 0 Å². The number of nitrogens with one attached hydrogen (secondary N) is 2. The van der Waals surface area contributed by atoms with Gasteiger partial charge in [0.1, 0.15) is 12.4 Å². The highest BCUT2D eigenvalue weighted by Gasteiger charge is 2.08. The normalized spacial score (nSPS) is 15.5. The molecule has 0 aliphatic carbocycles. The number of hydrogen-bond acceptors (Lipinski definition) is 4. The van der Waals surface area contributed by atoms with E-state index in [-0.39, 0.29) is 24.0 Å². The minimum absolute atomic E-state index is 0. The van der Waals surface area contributed by atoms with Crippen LogP contribution in [-0.4, -0.2) is 76.2 Å². The van der Waals surface area contributed by atoms with Crippen molar-refractivity contribution in [2.45, 2.75) is 38.6 Å². The van der Waals surface area contributed by atoms with Crippen LogP contribution < -0.4 is 15.4 Å². The monoisotopic (exact) mass is 517 g/mol. The molecule has 1 aliphatic rings. The van der Waals surface area contributed by atoms with Gasteiger partial charge in [0.2, 0.25) is 0 Å². The van der Waals surface area contributed by atoms with Crippen molar-refractivity contribution in [1.82, 2.24) is 20.4 Å². The zero-order chi connectivity index (χ0) is 20.0. The summed E-state index contributed by atoms with van der Waals surface area (Å²) in [5, 5.41) is 6.85. The molecule has 1 aliphatic heterocycles. The molecule has 1 heterocycles. The zero-order valence-corrected chi connectivity index (χ0v) is 20.8. The second kappa shape index (κ2) is 15.7. The molecule has 1 saturated heterocycles.